The summed E-state index contributed by atoms with van der Waals surface area (Å²) in [5.41, 5.74) is 8.63. The van der Waals surface area contributed by atoms with Gasteiger partial charge in [0.15, 0.2) is 0 Å². The van der Waals surface area contributed by atoms with Crippen molar-refractivity contribution in [3.63, 3.8) is 0 Å². The number of primary amides is 1. The number of carbonyl (C=O) groups excluding carboxylic acids is 3. The van der Waals surface area contributed by atoms with Crippen LogP contribution in [0.3, 0.4) is 0 Å². The molecule has 12 heteroatoms. The van der Waals surface area contributed by atoms with Crippen molar-refractivity contribution in [1.82, 2.24) is 14.9 Å². The van der Waals surface area contributed by atoms with E-state index in [1.165, 1.54) is 6.20 Å². The molecule has 2 fully saturated rings. The van der Waals surface area contributed by atoms with Crippen LogP contribution < -0.4 is 26.2 Å². The van der Waals surface area contributed by atoms with E-state index in [2.05, 4.69) is 40.5 Å². The number of carbonyl (C=O) groups is 3. The maximum Gasteiger partial charge on any atom is 0.408 e. The van der Waals surface area contributed by atoms with Crippen LogP contribution in [0.1, 0.15) is 63.4 Å². The molecule has 4 N–H and O–H groups in total. The molecular weight excluding hydrogens is 548 g/mol. The smallest absolute Gasteiger partial charge is 0.408 e. The first-order chi connectivity index (χ1) is 20.3. The number of alkyl carbamates (subject to hydrolysis) is 1. The van der Waals surface area contributed by atoms with E-state index in [0.717, 1.165) is 25.2 Å². The average Bonchev–Trinajstić information content (AvgIpc) is 3.51. The molecular formula is C31H38N8O4. The second-order valence-electron chi connectivity index (χ2n) is 12.9. The third kappa shape index (κ3) is 6.21. The van der Waals surface area contributed by atoms with Crippen LogP contribution in [0.2, 0.25) is 0 Å². The van der Waals surface area contributed by atoms with Gasteiger partial charge in [-0.3, -0.25) is 9.59 Å². The Morgan fingerprint density at radius 3 is 2.49 bits per heavy atom. The Hall–Kier alpha value is -4.79. The monoisotopic (exact) mass is 586 g/mol. The predicted molar refractivity (Wildman–Crippen MR) is 163 cm³/mol. The lowest BCUT2D eigenvalue weighted by Crippen LogP contribution is -2.52. The topological polar surface area (TPSA) is 158 Å². The van der Waals surface area contributed by atoms with Gasteiger partial charge in [0.1, 0.15) is 11.6 Å². The highest BCUT2D eigenvalue weighted by molar-refractivity contribution is 6.04. The number of nitrogens with one attached hydrogen (secondary N) is 2. The largest absolute Gasteiger partial charge is 0.444 e. The van der Waals surface area contributed by atoms with Gasteiger partial charge >= 0.3 is 6.09 Å². The second-order valence-corrected chi connectivity index (χ2v) is 12.9. The summed E-state index contributed by atoms with van der Waals surface area (Å²) in [6.45, 7) is 11.6. The lowest BCUT2D eigenvalue weighted by molar-refractivity contribution is -0.118. The molecule has 2 atom stereocenters. The van der Waals surface area contributed by atoms with Crippen LogP contribution in [-0.4, -0.2) is 64.8 Å². The Labute approximate surface area is 250 Å². The Bertz CT molecular complexity index is 1600. The second kappa shape index (κ2) is 11.1. The molecule has 3 amide bonds. The average molecular weight is 587 g/mol. The number of amides is 3. The summed E-state index contributed by atoms with van der Waals surface area (Å²) in [4.78, 5) is 41.9. The van der Waals surface area contributed by atoms with Crippen LogP contribution in [0.25, 0.3) is 5.52 Å². The molecule has 2 saturated heterocycles. The Kier molecular flexibility index (Phi) is 7.69. The number of nitrogens with zero attached hydrogens (tertiary/aromatic N) is 5. The molecule has 4 heterocycles. The van der Waals surface area contributed by atoms with E-state index in [9.17, 15) is 14.4 Å². The first-order valence-corrected chi connectivity index (χ1v) is 14.4. The van der Waals surface area contributed by atoms with Crippen molar-refractivity contribution in [3.05, 3.63) is 53.9 Å². The van der Waals surface area contributed by atoms with E-state index in [-0.39, 0.29) is 22.9 Å². The number of aromatic nitrogens is 2. The minimum atomic E-state index is -0.702. The molecule has 0 spiro atoms. The summed E-state index contributed by atoms with van der Waals surface area (Å²) in [6, 6.07) is 10.9. The van der Waals surface area contributed by atoms with Crippen molar-refractivity contribution in [2.45, 2.75) is 65.1 Å². The van der Waals surface area contributed by atoms with Gasteiger partial charge in [-0.2, -0.15) is 10.4 Å². The SMILES string of the molecule is CC(C)(C)OC(=O)N[C@H]1CCN(c2cc3c(N[C@@H]4CCN(c5ccc(C#N)cc5)CC4(C)C)c(C(N)=O)cnn3c2)C1=O. The molecule has 0 aliphatic carbocycles. The fourth-order valence-electron chi connectivity index (χ4n) is 5.81. The van der Waals surface area contributed by atoms with E-state index in [1.54, 1.807) is 36.4 Å². The van der Waals surface area contributed by atoms with Crippen LogP contribution in [-0.2, 0) is 9.53 Å². The van der Waals surface area contributed by atoms with Crippen molar-refractivity contribution in [1.29, 1.82) is 5.26 Å². The molecule has 5 rings (SSSR count). The zero-order chi connectivity index (χ0) is 31.1. The number of nitriles is 1. The highest BCUT2D eigenvalue weighted by atomic mass is 16.6. The minimum Gasteiger partial charge on any atom is -0.444 e. The molecule has 0 radical (unpaired) electrons. The Morgan fingerprint density at radius 1 is 1.14 bits per heavy atom. The van der Waals surface area contributed by atoms with Gasteiger partial charge in [0.2, 0.25) is 5.91 Å². The zero-order valence-corrected chi connectivity index (χ0v) is 25.2. The third-order valence-corrected chi connectivity index (χ3v) is 8.01. The Morgan fingerprint density at radius 2 is 1.86 bits per heavy atom. The van der Waals surface area contributed by atoms with E-state index >= 15 is 0 Å². The van der Waals surface area contributed by atoms with E-state index in [0.29, 0.717) is 35.4 Å². The van der Waals surface area contributed by atoms with Gasteiger partial charge in [-0.25, -0.2) is 9.31 Å². The highest BCUT2D eigenvalue weighted by Crippen LogP contribution is 2.37. The summed E-state index contributed by atoms with van der Waals surface area (Å²) < 4.78 is 6.95. The molecule has 2 aliphatic heterocycles. The number of piperidine rings is 1. The number of hydrogen-bond acceptors (Lipinski definition) is 8. The molecule has 1 aromatic carbocycles. The fraction of sp³-hybridized carbons (Fsp3) is 0.452. The van der Waals surface area contributed by atoms with Gasteiger partial charge in [0.05, 0.1) is 46.5 Å². The highest BCUT2D eigenvalue weighted by Gasteiger charge is 2.38. The number of hydrogen-bond donors (Lipinski definition) is 3. The standard InChI is InChI=1S/C31H38N8O4/c1-30(2,3)43-29(42)35-23-10-13-38(28(23)41)21-14-24-26(22(27(33)40)16-34-39(24)17-21)36-25-11-12-37(18-31(25,4)5)20-8-6-19(15-32)7-9-20/h6-9,14,16-17,23,25,36H,10-13,18H2,1-5H3,(H2,33,40)(H,35,42)/t23-,25+/m0/s1. The summed E-state index contributed by atoms with van der Waals surface area (Å²) in [6.07, 6.45) is 3.76. The number of anilines is 3. The van der Waals surface area contributed by atoms with Crippen molar-refractivity contribution >= 4 is 40.5 Å². The van der Waals surface area contributed by atoms with E-state index < -0.39 is 23.6 Å². The van der Waals surface area contributed by atoms with Crippen LogP contribution in [0.4, 0.5) is 21.9 Å². The van der Waals surface area contributed by atoms with Crippen molar-refractivity contribution in [2.24, 2.45) is 11.1 Å². The van der Waals surface area contributed by atoms with Gasteiger partial charge < -0.3 is 30.9 Å². The molecule has 2 aromatic heterocycles. The number of fused-ring (bicyclic) bond motifs is 1. The van der Waals surface area contributed by atoms with E-state index in [1.807, 2.05) is 30.3 Å². The maximum atomic E-state index is 13.2. The first kappa shape index (κ1) is 29.7. The van der Waals surface area contributed by atoms with Gasteiger partial charge in [-0.05, 0) is 63.9 Å². The first-order valence-electron chi connectivity index (χ1n) is 14.4. The van der Waals surface area contributed by atoms with Gasteiger partial charge in [-0.15, -0.1) is 0 Å². The van der Waals surface area contributed by atoms with Crippen LogP contribution in [0.5, 0.6) is 0 Å². The number of nitrogens with two attached hydrogens (primary N) is 1. The normalized spacial score (nSPS) is 20.1. The molecule has 2 aliphatic rings. The van der Waals surface area contributed by atoms with Gasteiger partial charge in [-0.1, -0.05) is 13.8 Å². The number of rotatable bonds is 6. The van der Waals surface area contributed by atoms with Crippen molar-refractivity contribution in [2.75, 3.05) is 34.8 Å². The lowest BCUT2D eigenvalue weighted by Gasteiger charge is -2.46. The summed E-state index contributed by atoms with van der Waals surface area (Å²) in [5.74, 6) is -0.852. The Balaban J connectivity index is 1.37. The molecule has 0 unspecified atom stereocenters. The van der Waals surface area contributed by atoms with Gasteiger partial charge in [0.25, 0.3) is 5.91 Å². The lowest BCUT2D eigenvalue weighted by atomic mass is 9.78. The molecule has 43 heavy (non-hydrogen) atoms. The van der Waals surface area contributed by atoms with Gasteiger partial charge in [0, 0.05) is 36.8 Å². The summed E-state index contributed by atoms with van der Waals surface area (Å²) >= 11 is 0. The molecule has 0 saturated carbocycles. The third-order valence-electron chi connectivity index (χ3n) is 8.01. The number of benzene rings is 1. The predicted octanol–water partition coefficient (Wildman–Crippen LogP) is 3.65. The molecule has 12 nitrogen and oxygen atoms in total. The molecule has 0 bridgehead atoms. The maximum absolute atomic E-state index is 13.2. The van der Waals surface area contributed by atoms with Crippen molar-refractivity contribution in [3.8, 4) is 6.07 Å². The fourth-order valence-corrected chi connectivity index (χ4v) is 5.81. The zero-order valence-electron chi connectivity index (χ0n) is 25.2. The number of ether oxygens (including phenoxy) is 1. The summed E-state index contributed by atoms with van der Waals surface area (Å²) in [7, 11) is 0. The van der Waals surface area contributed by atoms with Crippen LogP contribution in [0, 0.1) is 16.7 Å². The minimum absolute atomic E-state index is 0.000564. The van der Waals surface area contributed by atoms with E-state index in [4.69, 9.17) is 15.7 Å². The summed E-state index contributed by atoms with van der Waals surface area (Å²) in [5, 5.41) is 19.8. The van der Waals surface area contributed by atoms with Crippen LogP contribution in [0.15, 0.2) is 42.7 Å². The van der Waals surface area contributed by atoms with Crippen LogP contribution >= 0.6 is 0 Å². The molecule has 226 valence electrons. The molecule has 3 aromatic rings. The van der Waals surface area contributed by atoms with Crippen molar-refractivity contribution < 1.29 is 19.1 Å². The quantitative estimate of drug-likeness (QED) is 0.395.